The van der Waals surface area contributed by atoms with Gasteiger partial charge in [0.1, 0.15) is 0 Å². The fourth-order valence-electron chi connectivity index (χ4n) is 1.15. The van der Waals surface area contributed by atoms with Crippen molar-refractivity contribution in [3.8, 4) is 17.2 Å². The minimum atomic E-state index is -0.960. The van der Waals surface area contributed by atoms with Gasteiger partial charge in [-0.15, -0.1) is 0 Å². The van der Waals surface area contributed by atoms with Crippen LogP contribution in [0.25, 0.3) is 11.0 Å². The molecule has 0 fully saturated rings. The van der Waals surface area contributed by atoms with Crippen LogP contribution in [0, 0.1) is 0 Å². The molecule has 5 nitrogen and oxygen atoms in total. The van der Waals surface area contributed by atoms with Gasteiger partial charge in [-0.1, -0.05) is 0 Å². The van der Waals surface area contributed by atoms with E-state index in [1.54, 1.807) is 0 Å². The molecule has 0 aliphatic rings. The largest absolute Gasteiger partial charge is 0.504 e. The van der Waals surface area contributed by atoms with Crippen molar-refractivity contribution < 1.29 is 19.7 Å². The van der Waals surface area contributed by atoms with Crippen molar-refractivity contribution in [1.82, 2.24) is 0 Å². The molecule has 0 saturated carbocycles. The van der Waals surface area contributed by atoms with Gasteiger partial charge in [0.15, 0.2) is 11.3 Å². The zero-order chi connectivity index (χ0) is 10.3. The van der Waals surface area contributed by atoms with Gasteiger partial charge in [-0.05, 0) is 18.2 Å². The molecule has 2 aromatic rings. The molecule has 3 N–H and O–H groups in total. The van der Waals surface area contributed by atoms with E-state index in [9.17, 15) is 9.90 Å². The van der Waals surface area contributed by atoms with Crippen LogP contribution in [0.15, 0.2) is 27.4 Å². The Kier molecular flexibility index (Phi) is 1.60. The summed E-state index contributed by atoms with van der Waals surface area (Å²) >= 11 is 0. The van der Waals surface area contributed by atoms with Gasteiger partial charge in [0.25, 0.3) is 0 Å². The monoisotopic (exact) mass is 194 g/mol. The Hall–Kier alpha value is -2.17. The molecule has 0 aliphatic heterocycles. The Bertz CT molecular complexity index is 555. The first-order chi connectivity index (χ1) is 6.59. The van der Waals surface area contributed by atoms with Gasteiger partial charge in [-0.3, -0.25) is 0 Å². The third kappa shape index (κ3) is 1.06. The van der Waals surface area contributed by atoms with Crippen LogP contribution in [0.2, 0.25) is 0 Å². The van der Waals surface area contributed by atoms with E-state index < -0.39 is 17.1 Å². The van der Waals surface area contributed by atoms with E-state index >= 15 is 0 Å². The zero-order valence-electron chi connectivity index (χ0n) is 6.89. The molecule has 0 saturated heterocycles. The number of phenols is 2. The maximum atomic E-state index is 10.9. The van der Waals surface area contributed by atoms with Gasteiger partial charge in [-0.25, -0.2) is 4.79 Å². The summed E-state index contributed by atoms with van der Waals surface area (Å²) in [4.78, 5) is 10.9. The molecule has 1 heterocycles. The summed E-state index contributed by atoms with van der Waals surface area (Å²) in [5.41, 5.74) is -1.11. The lowest BCUT2D eigenvalue weighted by molar-refractivity contribution is 0.390. The van der Waals surface area contributed by atoms with E-state index in [4.69, 9.17) is 10.2 Å². The summed E-state index contributed by atoms with van der Waals surface area (Å²) in [5.74, 6) is -1.44. The van der Waals surface area contributed by atoms with E-state index in [2.05, 4.69) is 4.42 Å². The average Bonchev–Trinajstić information content (AvgIpc) is 2.15. The second-order valence-corrected chi connectivity index (χ2v) is 2.77. The Labute approximate surface area is 77.5 Å². The van der Waals surface area contributed by atoms with Crippen molar-refractivity contribution in [2.24, 2.45) is 0 Å². The molecule has 0 aliphatic carbocycles. The van der Waals surface area contributed by atoms with Gasteiger partial charge < -0.3 is 19.7 Å². The fourth-order valence-corrected chi connectivity index (χ4v) is 1.15. The van der Waals surface area contributed by atoms with Crippen molar-refractivity contribution in [2.45, 2.75) is 0 Å². The van der Waals surface area contributed by atoms with Crippen molar-refractivity contribution in [1.29, 1.82) is 0 Å². The predicted octanol–water partition coefficient (Wildman–Crippen LogP) is 0.910. The lowest BCUT2D eigenvalue weighted by atomic mass is 10.2. The molecule has 14 heavy (non-hydrogen) atoms. The number of fused-ring (bicyclic) bond motifs is 1. The fraction of sp³-hybridized carbons (Fsp3) is 0. The Balaban J connectivity index is 2.97. The van der Waals surface area contributed by atoms with Crippen LogP contribution >= 0.6 is 0 Å². The number of rotatable bonds is 0. The van der Waals surface area contributed by atoms with Gasteiger partial charge >= 0.3 is 5.63 Å². The van der Waals surface area contributed by atoms with Crippen molar-refractivity contribution in [3.63, 3.8) is 0 Å². The Morgan fingerprint density at radius 1 is 1.07 bits per heavy atom. The first-order valence-corrected chi connectivity index (χ1v) is 3.77. The molecular formula is C9H6O5. The van der Waals surface area contributed by atoms with Crippen LogP contribution in [0.3, 0.4) is 0 Å². The van der Waals surface area contributed by atoms with Crippen LogP contribution in [0.5, 0.6) is 17.2 Å². The minimum Gasteiger partial charge on any atom is -0.504 e. The first-order valence-electron chi connectivity index (χ1n) is 3.77. The van der Waals surface area contributed by atoms with E-state index in [0.717, 1.165) is 6.07 Å². The molecule has 0 spiro atoms. The number of aromatic hydroxyl groups is 3. The number of hydrogen-bond acceptors (Lipinski definition) is 5. The standard InChI is InChI=1S/C9H6O5/c10-5-2-1-4-3-6(11)9(13)14-8(4)7(5)12/h1-3,10-12H. The molecule has 5 heteroatoms. The Morgan fingerprint density at radius 2 is 1.79 bits per heavy atom. The van der Waals surface area contributed by atoms with Crippen LogP contribution in [-0.4, -0.2) is 15.3 Å². The molecule has 2 rings (SSSR count). The summed E-state index contributed by atoms with van der Waals surface area (Å²) in [7, 11) is 0. The number of phenolic OH excluding ortho intramolecular Hbond substituents is 2. The maximum absolute atomic E-state index is 10.9. The van der Waals surface area contributed by atoms with E-state index in [-0.39, 0.29) is 11.3 Å². The van der Waals surface area contributed by atoms with Crippen molar-refractivity contribution in [3.05, 3.63) is 28.6 Å². The van der Waals surface area contributed by atoms with Gasteiger partial charge in [0, 0.05) is 5.39 Å². The van der Waals surface area contributed by atoms with Crippen LogP contribution in [-0.2, 0) is 0 Å². The first kappa shape index (κ1) is 8.43. The summed E-state index contributed by atoms with van der Waals surface area (Å²) in [5, 5.41) is 27.8. The van der Waals surface area contributed by atoms with Crippen LogP contribution < -0.4 is 5.63 Å². The second kappa shape index (κ2) is 2.66. The highest BCUT2D eigenvalue weighted by Gasteiger charge is 2.10. The van der Waals surface area contributed by atoms with E-state index in [0.29, 0.717) is 5.39 Å². The van der Waals surface area contributed by atoms with E-state index in [1.165, 1.54) is 12.1 Å². The van der Waals surface area contributed by atoms with Gasteiger partial charge in [0.2, 0.25) is 11.5 Å². The topological polar surface area (TPSA) is 90.9 Å². The zero-order valence-corrected chi connectivity index (χ0v) is 6.89. The number of benzene rings is 1. The predicted molar refractivity (Wildman–Crippen MR) is 47.5 cm³/mol. The molecule has 0 bridgehead atoms. The molecular weight excluding hydrogens is 188 g/mol. The average molecular weight is 194 g/mol. The second-order valence-electron chi connectivity index (χ2n) is 2.77. The highest BCUT2D eigenvalue weighted by molar-refractivity contribution is 5.85. The lowest BCUT2D eigenvalue weighted by Gasteiger charge is -2.01. The summed E-state index contributed by atoms with van der Waals surface area (Å²) in [6.45, 7) is 0. The maximum Gasteiger partial charge on any atom is 0.378 e. The van der Waals surface area contributed by atoms with E-state index in [1.807, 2.05) is 0 Å². The Morgan fingerprint density at radius 3 is 2.50 bits per heavy atom. The molecule has 0 radical (unpaired) electrons. The molecule has 72 valence electrons. The number of hydrogen-bond donors (Lipinski definition) is 3. The quantitative estimate of drug-likeness (QED) is 0.428. The molecule has 1 aromatic heterocycles. The SMILES string of the molecule is O=c1oc2c(O)c(O)ccc2cc1O. The van der Waals surface area contributed by atoms with Crippen molar-refractivity contribution >= 4 is 11.0 Å². The van der Waals surface area contributed by atoms with Gasteiger partial charge in [-0.2, -0.15) is 0 Å². The summed E-state index contributed by atoms with van der Waals surface area (Å²) in [6, 6.07) is 3.80. The van der Waals surface area contributed by atoms with Crippen molar-refractivity contribution in [2.75, 3.05) is 0 Å². The normalized spacial score (nSPS) is 10.6. The summed E-state index contributed by atoms with van der Waals surface area (Å²) < 4.78 is 4.59. The smallest absolute Gasteiger partial charge is 0.378 e. The van der Waals surface area contributed by atoms with Crippen LogP contribution in [0.4, 0.5) is 0 Å². The summed E-state index contributed by atoms with van der Waals surface area (Å²) in [6.07, 6.45) is 0. The molecule has 1 aromatic carbocycles. The highest BCUT2D eigenvalue weighted by atomic mass is 16.4. The lowest BCUT2D eigenvalue weighted by Crippen LogP contribution is -1.96. The van der Waals surface area contributed by atoms with Crippen LogP contribution in [0.1, 0.15) is 0 Å². The third-order valence-corrected chi connectivity index (χ3v) is 1.84. The third-order valence-electron chi connectivity index (χ3n) is 1.84. The minimum absolute atomic E-state index is 0.146. The molecule has 0 amide bonds. The highest BCUT2D eigenvalue weighted by Crippen LogP contribution is 2.33. The van der Waals surface area contributed by atoms with Gasteiger partial charge in [0.05, 0.1) is 0 Å². The molecule has 0 atom stereocenters. The molecule has 0 unspecified atom stereocenters.